The van der Waals surface area contributed by atoms with Gasteiger partial charge in [-0.3, -0.25) is 0 Å². The largest absolute Gasteiger partial charge is 0.456 e. The molecule has 4 heteroatoms. The van der Waals surface area contributed by atoms with E-state index in [1.165, 1.54) is 27.8 Å². The van der Waals surface area contributed by atoms with E-state index in [2.05, 4.69) is 141 Å². The van der Waals surface area contributed by atoms with Gasteiger partial charge in [0.15, 0.2) is 17.5 Å². The highest BCUT2D eigenvalue weighted by Crippen LogP contribution is 2.50. The monoisotopic (exact) mass is 667 g/mol. The van der Waals surface area contributed by atoms with Crippen LogP contribution in [0.3, 0.4) is 0 Å². The number of hydrogen-bond acceptors (Lipinski definition) is 4. The highest BCUT2D eigenvalue weighted by molar-refractivity contribution is 6.08. The Hall–Kier alpha value is -6.65. The van der Waals surface area contributed by atoms with E-state index >= 15 is 0 Å². The molecule has 0 amide bonds. The summed E-state index contributed by atoms with van der Waals surface area (Å²) in [4.78, 5) is 14.8. The fraction of sp³-hybridized carbons (Fsp3) is 0.0625. The third-order valence-corrected chi connectivity index (χ3v) is 10.6. The third kappa shape index (κ3) is 4.95. The minimum Gasteiger partial charge on any atom is -0.456 e. The molecule has 1 aliphatic rings. The molecule has 2 aromatic heterocycles. The summed E-state index contributed by atoms with van der Waals surface area (Å²) in [5.41, 5.74) is 14.4. The average molecular weight is 668 g/mol. The van der Waals surface area contributed by atoms with Crippen LogP contribution in [0.1, 0.15) is 25.0 Å². The van der Waals surface area contributed by atoms with E-state index in [9.17, 15) is 0 Å². The summed E-state index contributed by atoms with van der Waals surface area (Å²) < 4.78 is 6.54. The molecule has 1 aliphatic carbocycles. The number of nitrogens with zero attached hydrogens (tertiary/aromatic N) is 3. The van der Waals surface area contributed by atoms with Crippen molar-refractivity contribution in [2.75, 3.05) is 0 Å². The summed E-state index contributed by atoms with van der Waals surface area (Å²) >= 11 is 0. The van der Waals surface area contributed by atoms with Crippen molar-refractivity contribution in [3.05, 3.63) is 175 Å². The summed E-state index contributed by atoms with van der Waals surface area (Å²) in [7, 11) is 0. The first-order valence-electron chi connectivity index (χ1n) is 17.7. The van der Waals surface area contributed by atoms with Crippen molar-refractivity contribution in [2.24, 2.45) is 0 Å². The molecule has 4 nitrogen and oxygen atoms in total. The number of benzene rings is 7. The summed E-state index contributed by atoms with van der Waals surface area (Å²) in [5, 5.41) is 2.28. The normalized spacial score (nSPS) is 13.0. The van der Waals surface area contributed by atoms with Gasteiger partial charge in [0.25, 0.3) is 0 Å². The molecule has 0 saturated heterocycles. The molecule has 246 valence electrons. The van der Waals surface area contributed by atoms with Gasteiger partial charge in [-0.2, -0.15) is 0 Å². The molecule has 0 atom stereocenters. The standard InChI is InChI=1S/C48H33N3O/c1-48(2)41-16-10-9-15-37(41)39-28-40-38-26-25-36(27-43(38)52-44(40)29-42(39)48)32-19-23-35(24-20-32)47-50-45(33-13-7-4-8-14-33)49-46(51-47)34-21-17-31(18-22-34)30-11-5-3-6-12-30/h3-29H,1-2H3. The molecule has 0 N–H and O–H groups in total. The summed E-state index contributed by atoms with van der Waals surface area (Å²) in [5.74, 6) is 1.92. The minimum absolute atomic E-state index is 0.0693. The molecule has 0 spiro atoms. The summed E-state index contributed by atoms with van der Waals surface area (Å²) in [6.07, 6.45) is 0. The maximum atomic E-state index is 6.54. The van der Waals surface area contributed by atoms with Crippen LogP contribution in [0.5, 0.6) is 0 Å². The SMILES string of the molecule is CC1(C)c2ccccc2-c2cc3c(cc21)oc1cc(-c2ccc(-c4nc(-c5ccccc5)nc(-c5ccc(-c6ccccc6)cc5)n4)cc2)ccc13. The first-order valence-corrected chi connectivity index (χ1v) is 17.7. The van der Waals surface area contributed by atoms with Crippen LogP contribution in [0.4, 0.5) is 0 Å². The second-order valence-electron chi connectivity index (χ2n) is 14.1. The maximum absolute atomic E-state index is 6.54. The van der Waals surface area contributed by atoms with Gasteiger partial charge < -0.3 is 4.42 Å². The molecule has 0 unspecified atom stereocenters. The van der Waals surface area contributed by atoms with Crippen molar-refractivity contribution in [1.29, 1.82) is 0 Å². The Bertz CT molecular complexity index is 2780. The number of fused-ring (bicyclic) bond motifs is 6. The zero-order valence-corrected chi connectivity index (χ0v) is 28.8. The van der Waals surface area contributed by atoms with Gasteiger partial charge in [0.05, 0.1) is 0 Å². The van der Waals surface area contributed by atoms with E-state index in [4.69, 9.17) is 19.4 Å². The lowest BCUT2D eigenvalue weighted by Crippen LogP contribution is -2.14. The summed E-state index contributed by atoms with van der Waals surface area (Å²) in [6, 6.07) is 57.2. The lowest BCUT2D eigenvalue weighted by molar-refractivity contribution is 0.647. The van der Waals surface area contributed by atoms with Gasteiger partial charge in [-0.05, 0) is 68.8 Å². The van der Waals surface area contributed by atoms with Crippen LogP contribution in [0.2, 0.25) is 0 Å². The lowest BCUT2D eigenvalue weighted by Gasteiger charge is -2.21. The van der Waals surface area contributed by atoms with Crippen molar-refractivity contribution in [3.63, 3.8) is 0 Å². The molecule has 0 fully saturated rings. The minimum atomic E-state index is -0.0693. The number of hydrogen-bond donors (Lipinski definition) is 0. The highest BCUT2D eigenvalue weighted by Gasteiger charge is 2.36. The smallest absolute Gasteiger partial charge is 0.164 e. The van der Waals surface area contributed by atoms with E-state index in [0.717, 1.165) is 55.3 Å². The van der Waals surface area contributed by atoms with Crippen LogP contribution >= 0.6 is 0 Å². The van der Waals surface area contributed by atoms with Gasteiger partial charge in [-0.15, -0.1) is 0 Å². The number of aromatic nitrogens is 3. The Morgan fingerprint density at radius 1 is 0.365 bits per heavy atom. The van der Waals surface area contributed by atoms with Gasteiger partial charge in [0.1, 0.15) is 11.2 Å². The lowest BCUT2D eigenvalue weighted by atomic mass is 9.82. The second kappa shape index (κ2) is 11.7. The molecular formula is C48H33N3O. The van der Waals surface area contributed by atoms with Crippen LogP contribution < -0.4 is 0 Å². The van der Waals surface area contributed by atoms with Crippen molar-refractivity contribution < 1.29 is 4.42 Å². The van der Waals surface area contributed by atoms with Gasteiger partial charge in [0, 0.05) is 32.9 Å². The second-order valence-corrected chi connectivity index (χ2v) is 14.1. The number of rotatable bonds is 5. The highest BCUT2D eigenvalue weighted by atomic mass is 16.3. The molecular weight excluding hydrogens is 635 g/mol. The first-order chi connectivity index (χ1) is 25.5. The van der Waals surface area contributed by atoms with Crippen molar-refractivity contribution in [3.8, 4) is 67.5 Å². The van der Waals surface area contributed by atoms with Crippen LogP contribution in [-0.2, 0) is 5.41 Å². The van der Waals surface area contributed by atoms with Crippen molar-refractivity contribution in [1.82, 2.24) is 15.0 Å². The third-order valence-electron chi connectivity index (χ3n) is 10.6. The van der Waals surface area contributed by atoms with Crippen LogP contribution in [0, 0.1) is 0 Å². The molecule has 2 heterocycles. The van der Waals surface area contributed by atoms with Gasteiger partial charge in [-0.25, -0.2) is 15.0 Å². The predicted octanol–water partition coefficient (Wildman–Crippen LogP) is 12.4. The van der Waals surface area contributed by atoms with Crippen molar-refractivity contribution in [2.45, 2.75) is 19.3 Å². The molecule has 0 saturated carbocycles. The van der Waals surface area contributed by atoms with Gasteiger partial charge in [0.2, 0.25) is 0 Å². The van der Waals surface area contributed by atoms with Gasteiger partial charge >= 0.3 is 0 Å². The predicted molar refractivity (Wildman–Crippen MR) is 212 cm³/mol. The molecule has 0 radical (unpaired) electrons. The quantitative estimate of drug-likeness (QED) is 0.183. The van der Waals surface area contributed by atoms with Crippen molar-refractivity contribution >= 4 is 21.9 Å². The molecule has 10 rings (SSSR count). The average Bonchev–Trinajstić information content (AvgIpc) is 3.68. The van der Waals surface area contributed by atoms with E-state index in [1.54, 1.807) is 0 Å². The Morgan fingerprint density at radius 3 is 1.46 bits per heavy atom. The van der Waals surface area contributed by atoms with Crippen LogP contribution in [0.25, 0.3) is 89.5 Å². The topological polar surface area (TPSA) is 51.8 Å². The van der Waals surface area contributed by atoms with E-state index in [-0.39, 0.29) is 5.41 Å². The molecule has 7 aromatic carbocycles. The van der Waals surface area contributed by atoms with Crippen LogP contribution in [0.15, 0.2) is 168 Å². The Kier molecular flexibility index (Phi) is 6.80. The molecule has 52 heavy (non-hydrogen) atoms. The Balaban J connectivity index is 1.00. The molecule has 9 aromatic rings. The fourth-order valence-corrected chi connectivity index (χ4v) is 7.75. The number of furan rings is 1. The fourth-order valence-electron chi connectivity index (χ4n) is 7.75. The maximum Gasteiger partial charge on any atom is 0.164 e. The van der Waals surface area contributed by atoms with E-state index < -0.39 is 0 Å². The first kappa shape index (κ1) is 30.2. The Morgan fingerprint density at radius 2 is 0.827 bits per heavy atom. The zero-order chi connectivity index (χ0) is 34.8. The van der Waals surface area contributed by atoms with E-state index in [0.29, 0.717) is 17.5 Å². The van der Waals surface area contributed by atoms with Crippen LogP contribution in [-0.4, -0.2) is 15.0 Å². The molecule has 0 bridgehead atoms. The molecule has 0 aliphatic heterocycles. The zero-order valence-electron chi connectivity index (χ0n) is 28.8. The van der Waals surface area contributed by atoms with Gasteiger partial charge in [-0.1, -0.05) is 153 Å². The summed E-state index contributed by atoms with van der Waals surface area (Å²) in [6.45, 7) is 4.61. The Labute approximate surface area is 302 Å². The van der Waals surface area contributed by atoms with E-state index in [1.807, 2.05) is 36.4 Å².